The van der Waals surface area contributed by atoms with Gasteiger partial charge >= 0.3 is 0 Å². The molecule has 0 amide bonds. The van der Waals surface area contributed by atoms with E-state index in [0.717, 1.165) is 26.1 Å². The summed E-state index contributed by atoms with van der Waals surface area (Å²) in [5, 5.41) is 9.19. The van der Waals surface area contributed by atoms with Crippen molar-refractivity contribution < 1.29 is 5.11 Å². The van der Waals surface area contributed by atoms with Crippen LogP contribution in [0.3, 0.4) is 0 Å². The molecule has 1 aliphatic rings. The lowest BCUT2D eigenvalue weighted by atomic mass is 9.88. The molecule has 0 radical (unpaired) electrons. The Bertz CT molecular complexity index is 200. The van der Waals surface area contributed by atoms with Crippen LogP contribution < -0.4 is 5.73 Å². The molecule has 0 unspecified atom stereocenters. The third-order valence-corrected chi connectivity index (χ3v) is 4.11. The summed E-state index contributed by atoms with van der Waals surface area (Å²) in [6.07, 6.45) is 7.84. The summed E-state index contributed by atoms with van der Waals surface area (Å²) in [6.45, 7) is 7.38. The van der Waals surface area contributed by atoms with Crippen molar-refractivity contribution in [1.82, 2.24) is 4.90 Å². The first-order valence-electron chi connectivity index (χ1n) is 7.14. The van der Waals surface area contributed by atoms with E-state index in [-0.39, 0.29) is 12.0 Å². The van der Waals surface area contributed by atoms with Crippen LogP contribution in [0.4, 0.5) is 0 Å². The Morgan fingerprint density at radius 2 is 1.82 bits per heavy atom. The second kappa shape index (κ2) is 7.34. The van der Waals surface area contributed by atoms with Gasteiger partial charge in [-0.05, 0) is 37.8 Å². The van der Waals surface area contributed by atoms with Crippen molar-refractivity contribution >= 4 is 0 Å². The zero-order valence-electron chi connectivity index (χ0n) is 11.6. The van der Waals surface area contributed by atoms with Crippen molar-refractivity contribution in [2.24, 2.45) is 11.1 Å². The van der Waals surface area contributed by atoms with Crippen LogP contribution in [0, 0.1) is 5.41 Å². The van der Waals surface area contributed by atoms with Crippen LogP contribution in [0.1, 0.15) is 52.4 Å². The molecule has 1 aliphatic carbocycles. The van der Waals surface area contributed by atoms with Gasteiger partial charge in [0.25, 0.3) is 0 Å². The number of rotatable bonds is 7. The molecule has 17 heavy (non-hydrogen) atoms. The standard InChI is InChI=1S/C14H30N2O/c1-14(2,12-15)8-9-16(10-11-17)13-6-4-3-5-7-13/h13,17H,3-12,15H2,1-2H3. The maximum atomic E-state index is 9.19. The minimum absolute atomic E-state index is 0.225. The lowest BCUT2D eigenvalue weighted by Crippen LogP contribution is -2.41. The summed E-state index contributed by atoms with van der Waals surface area (Å²) >= 11 is 0. The van der Waals surface area contributed by atoms with Crippen LogP contribution in [0.5, 0.6) is 0 Å². The quantitative estimate of drug-likeness (QED) is 0.718. The van der Waals surface area contributed by atoms with Crippen molar-refractivity contribution in [2.75, 3.05) is 26.2 Å². The molecule has 3 heteroatoms. The van der Waals surface area contributed by atoms with Gasteiger partial charge in [-0.3, -0.25) is 4.90 Å². The molecular formula is C14H30N2O. The minimum Gasteiger partial charge on any atom is -0.395 e. The monoisotopic (exact) mass is 242 g/mol. The smallest absolute Gasteiger partial charge is 0.0558 e. The van der Waals surface area contributed by atoms with Crippen LogP contribution in [0.2, 0.25) is 0 Å². The Morgan fingerprint density at radius 1 is 1.18 bits per heavy atom. The van der Waals surface area contributed by atoms with E-state index in [0.29, 0.717) is 6.04 Å². The summed E-state index contributed by atoms with van der Waals surface area (Å²) in [4.78, 5) is 2.48. The van der Waals surface area contributed by atoms with Gasteiger partial charge in [-0.25, -0.2) is 0 Å². The topological polar surface area (TPSA) is 49.5 Å². The van der Waals surface area contributed by atoms with Crippen molar-refractivity contribution in [1.29, 1.82) is 0 Å². The van der Waals surface area contributed by atoms with E-state index in [9.17, 15) is 5.11 Å². The predicted molar refractivity (Wildman–Crippen MR) is 73.0 cm³/mol. The highest BCUT2D eigenvalue weighted by Crippen LogP contribution is 2.25. The summed E-state index contributed by atoms with van der Waals surface area (Å²) in [6, 6.07) is 0.699. The Balaban J connectivity index is 2.41. The lowest BCUT2D eigenvalue weighted by molar-refractivity contribution is 0.109. The molecule has 102 valence electrons. The molecule has 1 rings (SSSR count). The van der Waals surface area contributed by atoms with Gasteiger partial charge in [-0.15, -0.1) is 0 Å². The van der Waals surface area contributed by atoms with E-state index in [1.54, 1.807) is 0 Å². The first kappa shape index (κ1) is 14.9. The second-order valence-electron chi connectivity index (χ2n) is 6.17. The van der Waals surface area contributed by atoms with E-state index < -0.39 is 0 Å². The number of hydrogen-bond donors (Lipinski definition) is 2. The highest BCUT2D eigenvalue weighted by Gasteiger charge is 2.23. The number of nitrogens with two attached hydrogens (primary N) is 1. The Hall–Kier alpha value is -0.120. The molecule has 0 aromatic carbocycles. The molecule has 0 aromatic rings. The van der Waals surface area contributed by atoms with Crippen molar-refractivity contribution in [2.45, 2.75) is 58.4 Å². The van der Waals surface area contributed by atoms with Crippen LogP contribution in [0.25, 0.3) is 0 Å². The van der Waals surface area contributed by atoms with Crippen LogP contribution >= 0.6 is 0 Å². The Labute approximate surface area is 106 Å². The van der Waals surface area contributed by atoms with E-state index >= 15 is 0 Å². The van der Waals surface area contributed by atoms with E-state index in [1.165, 1.54) is 32.1 Å². The first-order chi connectivity index (χ1) is 8.09. The average Bonchev–Trinajstić information content (AvgIpc) is 2.35. The minimum atomic E-state index is 0.225. The van der Waals surface area contributed by atoms with Gasteiger partial charge in [-0.2, -0.15) is 0 Å². The zero-order valence-corrected chi connectivity index (χ0v) is 11.6. The van der Waals surface area contributed by atoms with Crippen LogP contribution in [0.15, 0.2) is 0 Å². The number of aliphatic hydroxyl groups excluding tert-OH is 1. The van der Waals surface area contributed by atoms with E-state index in [4.69, 9.17) is 5.73 Å². The third-order valence-electron chi connectivity index (χ3n) is 4.11. The molecule has 0 saturated heterocycles. The van der Waals surface area contributed by atoms with Gasteiger partial charge < -0.3 is 10.8 Å². The van der Waals surface area contributed by atoms with Crippen molar-refractivity contribution in [3.63, 3.8) is 0 Å². The molecule has 0 aliphatic heterocycles. The van der Waals surface area contributed by atoms with Gasteiger partial charge in [0, 0.05) is 12.6 Å². The molecule has 1 saturated carbocycles. The average molecular weight is 242 g/mol. The van der Waals surface area contributed by atoms with Gasteiger partial charge in [0.15, 0.2) is 0 Å². The first-order valence-corrected chi connectivity index (χ1v) is 7.14. The summed E-state index contributed by atoms with van der Waals surface area (Å²) < 4.78 is 0. The third kappa shape index (κ3) is 5.36. The largest absolute Gasteiger partial charge is 0.395 e. The molecule has 0 heterocycles. The Morgan fingerprint density at radius 3 is 2.35 bits per heavy atom. The Kier molecular flexibility index (Phi) is 6.45. The maximum Gasteiger partial charge on any atom is 0.0558 e. The SMILES string of the molecule is CC(C)(CN)CCN(CCO)C1CCCCC1. The normalized spacial score (nSPS) is 18.9. The highest BCUT2D eigenvalue weighted by atomic mass is 16.3. The summed E-state index contributed by atoms with van der Waals surface area (Å²) in [7, 11) is 0. The molecule has 3 nitrogen and oxygen atoms in total. The fourth-order valence-electron chi connectivity index (χ4n) is 2.60. The summed E-state index contributed by atoms with van der Waals surface area (Å²) in [5.41, 5.74) is 6.00. The fraction of sp³-hybridized carbons (Fsp3) is 1.00. The maximum absolute atomic E-state index is 9.19. The predicted octanol–water partition coefficient (Wildman–Crippen LogP) is 1.99. The molecule has 1 fully saturated rings. The van der Waals surface area contributed by atoms with E-state index in [1.807, 2.05) is 0 Å². The van der Waals surface area contributed by atoms with Gasteiger partial charge in [-0.1, -0.05) is 33.1 Å². The molecule has 0 bridgehead atoms. The van der Waals surface area contributed by atoms with E-state index in [2.05, 4.69) is 18.7 Å². The van der Waals surface area contributed by atoms with Gasteiger partial charge in [0.1, 0.15) is 0 Å². The lowest BCUT2D eigenvalue weighted by Gasteiger charge is -2.36. The molecule has 0 spiro atoms. The second-order valence-corrected chi connectivity index (χ2v) is 6.17. The molecule has 0 atom stereocenters. The van der Waals surface area contributed by atoms with Crippen LogP contribution in [-0.4, -0.2) is 42.3 Å². The van der Waals surface area contributed by atoms with Gasteiger partial charge in [0.05, 0.1) is 6.61 Å². The highest BCUT2D eigenvalue weighted by molar-refractivity contribution is 4.78. The summed E-state index contributed by atoms with van der Waals surface area (Å²) in [5.74, 6) is 0. The van der Waals surface area contributed by atoms with Gasteiger partial charge in [0.2, 0.25) is 0 Å². The molecular weight excluding hydrogens is 212 g/mol. The molecule has 3 N–H and O–H groups in total. The van der Waals surface area contributed by atoms with Crippen LogP contribution in [-0.2, 0) is 0 Å². The number of aliphatic hydroxyl groups is 1. The number of hydrogen-bond acceptors (Lipinski definition) is 3. The van der Waals surface area contributed by atoms with Crippen molar-refractivity contribution in [3.05, 3.63) is 0 Å². The molecule has 0 aromatic heterocycles. The zero-order chi connectivity index (χ0) is 12.7. The number of nitrogens with zero attached hydrogens (tertiary/aromatic N) is 1. The fourth-order valence-corrected chi connectivity index (χ4v) is 2.60. The van der Waals surface area contributed by atoms with Crippen molar-refractivity contribution in [3.8, 4) is 0 Å².